The van der Waals surface area contributed by atoms with Crippen LogP contribution >= 0.6 is 0 Å². The highest BCUT2D eigenvalue weighted by molar-refractivity contribution is 5.99. The van der Waals surface area contributed by atoms with Gasteiger partial charge in [-0.05, 0) is 25.5 Å². The van der Waals surface area contributed by atoms with Crippen molar-refractivity contribution in [2.75, 3.05) is 13.6 Å². The van der Waals surface area contributed by atoms with Crippen molar-refractivity contribution in [3.05, 3.63) is 34.9 Å². The summed E-state index contributed by atoms with van der Waals surface area (Å²) in [5.74, 6) is -1.22. The van der Waals surface area contributed by atoms with E-state index in [1.165, 1.54) is 4.90 Å². The molecule has 0 radical (unpaired) electrons. The predicted molar refractivity (Wildman–Crippen MR) is 79.4 cm³/mol. The summed E-state index contributed by atoms with van der Waals surface area (Å²) < 4.78 is 0. The van der Waals surface area contributed by atoms with E-state index in [-0.39, 0.29) is 37.5 Å². The Morgan fingerprint density at radius 2 is 1.76 bits per heavy atom. The Bertz CT molecular complexity index is 551. The molecule has 0 bridgehead atoms. The first-order valence-corrected chi connectivity index (χ1v) is 6.87. The topological polar surface area (TPSA) is 74.7 Å². The molecule has 0 aliphatic rings. The molecule has 1 amide bonds. The van der Waals surface area contributed by atoms with Crippen LogP contribution < -0.4 is 0 Å². The summed E-state index contributed by atoms with van der Waals surface area (Å²) in [4.78, 5) is 35.8. The summed E-state index contributed by atoms with van der Waals surface area (Å²) in [5.41, 5.74) is 2.56. The van der Waals surface area contributed by atoms with Crippen LogP contribution in [0.1, 0.15) is 40.7 Å². The summed E-state index contributed by atoms with van der Waals surface area (Å²) in [6, 6.07) is 5.66. The van der Waals surface area contributed by atoms with Crippen LogP contribution in [0.2, 0.25) is 0 Å². The largest absolute Gasteiger partial charge is 0.481 e. The predicted octanol–water partition coefficient (Wildman–Crippen LogP) is 2.20. The average Bonchev–Trinajstić information content (AvgIpc) is 2.44. The van der Waals surface area contributed by atoms with Crippen LogP contribution in [0.4, 0.5) is 0 Å². The first-order chi connectivity index (χ1) is 9.81. The summed E-state index contributed by atoms with van der Waals surface area (Å²) in [6.07, 6.45) is 0.149. The minimum absolute atomic E-state index is 0.0591. The first-order valence-electron chi connectivity index (χ1n) is 6.87. The lowest BCUT2D eigenvalue weighted by molar-refractivity contribution is -0.138. The van der Waals surface area contributed by atoms with Crippen LogP contribution in [-0.2, 0) is 9.59 Å². The lowest BCUT2D eigenvalue weighted by atomic mass is 9.99. The van der Waals surface area contributed by atoms with Gasteiger partial charge in [0.1, 0.15) is 0 Å². The van der Waals surface area contributed by atoms with Crippen molar-refractivity contribution < 1.29 is 19.5 Å². The minimum atomic E-state index is -0.943. The van der Waals surface area contributed by atoms with Crippen LogP contribution in [0.3, 0.4) is 0 Å². The highest BCUT2D eigenvalue weighted by Crippen LogP contribution is 2.14. The van der Waals surface area contributed by atoms with Gasteiger partial charge in [-0.25, -0.2) is 0 Å². The van der Waals surface area contributed by atoms with Gasteiger partial charge in [-0.15, -0.1) is 0 Å². The van der Waals surface area contributed by atoms with Gasteiger partial charge < -0.3 is 10.0 Å². The van der Waals surface area contributed by atoms with Gasteiger partial charge in [0, 0.05) is 32.0 Å². The van der Waals surface area contributed by atoms with Crippen molar-refractivity contribution in [1.29, 1.82) is 0 Å². The van der Waals surface area contributed by atoms with E-state index in [4.69, 9.17) is 5.11 Å². The number of aryl methyl sites for hydroxylation is 2. The third-order valence-corrected chi connectivity index (χ3v) is 3.35. The van der Waals surface area contributed by atoms with Crippen molar-refractivity contribution in [2.24, 2.45) is 0 Å². The number of hydrogen-bond donors (Lipinski definition) is 1. The number of Topliss-reactive ketones (excluding diaryl/α,β-unsaturated/α-hetero) is 1. The monoisotopic (exact) mass is 291 g/mol. The fourth-order valence-corrected chi connectivity index (χ4v) is 1.97. The highest BCUT2D eigenvalue weighted by atomic mass is 16.4. The number of carboxylic acids is 1. The Morgan fingerprint density at radius 1 is 1.10 bits per heavy atom. The number of hydrogen-bond acceptors (Lipinski definition) is 3. The number of ketones is 1. The van der Waals surface area contributed by atoms with Crippen molar-refractivity contribution in [2.45, 2.75) is 33.1 Å². The Labute approximate surface area is 124 Å². The fraction of sp³-hybridized carbons (Fsp3) is 0.438. The average molecular weight is 291 g/mol. The van der Waals surface area contributed by atoms with Gasteiger partial charge >= 0.3 is 5.97 Å². The maximum Gasteiger partial charge on any atom is 0.305 e. The molecule has 0 saturated heterocycles. The van der Waals surface area contributed by atoms with E-state index in [0.29, 0.717) is 5.56 Å². The standard InChI is InChI=1S/C16H21NO4/c1-11-4-5-12(2)13(10-11)14(18)6-7-15(19)17(3)9-8-16(20)21/h4-5,10H,6-9H2,1-3H3,(H,20,21). The molecule has 1 N–H and O–H groups in total. The smallest absolute Gasteiger partial charge is 0.305 e. The molecule has 0 fully saturated rings. The normalized spacial score (nSPS) is 10.2. The molecule has 0 unspecified atom stereocenters. The van der Waals surface area contributed by atoms with E-state index in [9.17, 15) is 14.4 Å². The number of benzene rings is 1. The molecule has 114 valence electrons. The molecule has 21 heavy (non-hydrogen) atoms. The Morgan fingerprint density at radius 3 is 2.38 bits per heavy atom. The summed E-state index contributed by atoms with van der Waals surface area (Å²) >= 11 is 0. The molecule has 1 aromatic carbocycles. The lowest BCUT2D eigenvalue weighted by Crippen LogP contribution is -2.29. The lowest BCUT2D eigenvalue weighted by Gasteiger charge is -2.15. The Hall–Kier alpha value is -2.17. The van der Waals surface area contributed by atoms with Gasteiger partial charge in [0.05, 0.1) is 6.42 Å². The number of carbonyl (C=O) groups excluding carboxylic acids is 2. The molecule has 1 aromatic rings. The van der Waals surface area contributed by atoms with E-state index >= 15 is 0 Å². The van der Waals surface area contributed by atoms with Crippen molar-refractivity contribution in [1.82, 2.24) is 4.90 Å². The zero-order valence-electron chi connectivity index (χ0n) is 12.7. The van der Waals surface area contributed by atoms with Crippen LogP contribution in [0, 0.1) is 13.8 Å². The van der Waals surface area contributed by atoms with Crippen molar-refractivity contribution in [3.8, 4) is 0 Å². The molecular weight excluding hydrogens is 270 g/mol. The number of nitrogens with zero attached hydrogens (tertiary/aromatic N) is 1. The molecule has 0 spiro atoms. The van der Waals surface area contributed by atoms with Gasteiger partial charge in [-0.2, -0.15) is 0 Å². The zero-order valence-corrected chi connectivity index (χ0v) is 12.7. The molecule has 1 rings (SSSR count). The maximum atomic E-state index is 12.1. The molecule has 0 aliphatic heterocycles. The van der Waals surface area contributed by atoms with E-state index < -0.39 is 5.97 Å². The van der Waals surface area contributed by atoms with Gasteiger partial charge in [-0.3, -0.25) is 14.4 Å². The summed E-state index contributed by atoms with van der Waals surface area (Å²) in [6.45, 7) is 3.94. The Balaban J connectivity index is 2.54. The Kier molecular flexibility index (Phi) is 6.09. The molecule has 0 aliphatic carbocycles. The SMILES string of the molecule is Cc1ccc(C)c(C(=O)CCC(=O)N(C)CCC(=O)O)c1. The van der Waals surface area contributed by atoms with E-state index in [1.54, 1.807) is 7.05 Å². The fourth-order valence-electron chi connectivity index (χ4n) is 1.97. The highest BCUT2D eigenvalue weighted by Gasteiger charge is 2.14. The van der Waals surface area contributed by atoms with Crippen LogP contribution in [-0.4, -0.2) is 41.3 Å². The second kappa shape index (κ2) is 7.57. The molecule has 5 heteroatoms. The quantitative estimate of drug-likeness (QED) is 0.781. The van der Waals surface area contributed by atoms with Gasteiger partial charge in [0.2, 0.25) is 5.91 Å². The number of rotatable bonds is 7. The van der Waals surface area contributed by atoms with E-state index in [0.717, 1.165) is 11.1 Å². The molecule has 5 nitrogen and oxygen atoms in total. The van der Waals surface area contributed by atoms with Crippen LogP contribution in [0.15, 0.2) is 18.2 Å². The number of carboxylic acid groups (broad SMARTS) is 1. The number of carbonyl (C=O) groups is 3. The van der Waals surface area contributed by atoms with Crippen LogP contribution in [0.5, 0.6) is 0 Å². The number of amides is 1. The molecule has 0 heterocycles. The van der Waals surface area contributed by atoms with Gasteiger partial charge in [0.25, 0.3) is 0 Å². The molecule has 0 saturated carbocycles. The number of aliphatic carboxylic acids is 1. The van der Waals surface area contributed by atoms with Gasteiger partial charge in [0.15, 0.2) is 5.78 Å². The first kappa shape index (κ1) is 16.9. The maximum absolute atomic E-state index is 12.1. The summed E-state index contributed by atoms with van der Waals surface area (Å²) in [7, 11) is 1.55. The van der Waals surface area contributed by atoms with E-state index in [1.807, 2.05) is 32.0 Å². The minimum Gasteiger partial charge on any atom is -0.481 e. The third-order valence-electron chi connectivity index (χ3n) is 3.35. The third kappa shape index (κ3) is 5.38. The van der Waals surface area contributed by atoms with Gasteiger partial charge in [-0.1, -0.05) is 17.7 Å². The van der Waals surface area contributed by atoms with Crippen molar-refractivity contribution >= 4 is 17.7 Å². The van der Waals surface area contributed by atoms with E-state index in [2.05, 4.69) is 0 Å². The summed E-state index contributed by atoms with van der Waals surface area (Å²) in [5, 5.41) is 8.58. The molecular formula is C16H21NO4. The molecule has 0 aromatic heterocycles. The second-order valence-electron chi connectivity index (χ2n) is 5.20. The molecule has 0 atom stereocenters. The second-order valence-corrected chi connectivity index (χ2v) is 5.20. The van der Waals surface area contributed by atoms with Crippen LogP contribution in [0.25, 0.3) is 0 Å². The zero-order chi connectivity index (χ0) is 16.0. The van der Waals surface area contributed by atoms with Crippen molar-refractivity contribution in [3.63, 3.8) is 0 Å².